The summed E-state index contributed by atoms with van der Waals surface area (Å²) in [6.07, 6.45) is 8.86. The molecule has 0 spiro atoms. The second-order valence-electron chi connectivity index (χ2n) is 11.4. The number of nitrogens with zero attached hydrogens (tertiary/aromatic N) is 2. The topological polar surface area (TPSA) is 159 Å². The van der Waals surface area contributed by atoms with Crippen LogP contribution in [0.3, 0.4) is 0 Å². The number of nitrogens with two attached hydrogens (primary N) is 2. The number of aryl methyl sites for hydroxylation is 1. The zero-order valence-electron chi connectivity index (χ0n) is 24.0. The van der Waals surface area contributed by atoms with Gasteiger partial charge in [-0.05, 0) is 73.4 Å². The highest BCUT2D eigenvalue weighted by molar-refractivity contribution is 7.92. The fourth-order valence-electron chi connectivity index (χ4n) is 5.04. The minimum Gasteiger partial charge on any atom is -0.492 e. The molecule has 0 saturated heterocycles. The molecule has 1 aromatic heterocycles. The third-order valence-electron chi connectivity index (χ3n) is 7.90. The molecule has 7 N–H and O–H groups in total. The Morgan fingerprint density at radius 2 is 1.90 bits per heavy atom. The predicted octanol–water partition coefficient (Wildman–Crippen LogP) is 3.35. The number of H-pyrrole nitrogens is 1. The number of sulfonamides is 1. The van der Waals surface area contributed by atoms with E-state index in [1.807, 2.05) is 36.9 Å². The maximum Gasteiger partial charge on any atom is 0.257 e. The number of nitrogens with one attached hydrogen (secondary N) is 3. The number of hydrazine groups is 1. The van der Waals surface area contributed by atoms with Gasteiger partial charge in [-0.2, -0.15) is 0 Å². The van der Waals surface area contributed by atoms with Crippen molar-refractivity contribution >= 4 is 38.7 Å². The molecule has 1 amide bonds. The molecule has 2 aromatic carbocycles. The van der Waals surface area contributed by atoms with Gasteiger partial charge < -0.3 is 15.8 Å². The normalized spacial score (nSPS) is 16.3. The summed E-state index contributed by atoms with van der Waals surface area (Å²) >= 11 is 0. The number of imidazole rings is 1. The average molecular weight is 581 g/mol. The summed E-state index contributed by atoms with van der Waals surface area (Å²) in [5.74, 6) is 7.93. The molecule has 2 fully saturated rings. The van der Waals surface area contributed by atoms with Gasteiger partial charge in [0.05, 0.1) is 43.4 Å². The third-order valence-corrected chi connectivity index (χ3v) is 8.49. The Labute approximate surface area is 240 Å². The van der Waals surface area contributed by atoms with Gasteiger partial charge in [-0.15, -0.1) is 0 Å². The fourth-order valence-corrected chi connectivity index (χ4v) is 5.59. The molecule has 41 heavy (non-hydrogen) atoms. The summed E-state index contributed by atoms with van der Waals surface area (Å²) in [5.41, 5.74) is 11.0. The highest BCUT2D eigenvalue weighted by Crippen LogP contribution is 2.51. The summed E-state index contributed by atoms with van der Waals surface area (Å²) in [6.45, 7) is 4.00. The standard InChI is InChI=1S/C29H37N7O4S/c1-17-6-7-19(12-24(17)36(31)16-21(30)25-15-32-27(35(25)3)18-8-9-18)28(37)33-22-13-20(29(2)10-11-29)14-23(26(22)40-4)34-41(5,38)39/h6-7,12-16,18,34H,8-11,30-31H2,1-5H3,(H,33,37)/p+1/b21-16-. The maximum absolute atomic E-state index is 13.5. The van der Waals surface area contributed by atoms with Crippen LogP contribution in [-0.4, -0.2) is 32.7 Å². The number of carbonyl (C=O) groups excluding carboxylic acids is 1. The SMILES string of the molecule is COc1c(NC(=O)c2ccc(C)c(N(N)/C=C(\N)c3c[nH]c(C4CC4)[n+]3C)c2)cc(C2(C)CC2)cc1NS(C)(=O)=O. The van der Waals surface area contributed by atoms with Gasteiger partial charge in [0.1, 0.15) is 11.9 Å². The van der Waals surface area contributed by atoms with E-state index in [1.54, 1.807) is 24.4 Å². The second-order valence-corrected chi connectivity index (χ2v) is 13.1. The van der Waals surface area contributed by atoms with E-state index < -0.39 is 15.9 Å². The van der Waals surface area contributed by atoms with Crippen LogP contribution < -0.4 is 35.9 Å². The van der Waals surface area contributed by atoms with E-state index in [-0.39, 0.29) is 16.9 Å². The quantitative estimate of drug-likeness (QED) is 0.140. The molecule has 12 heteroatoms. The largest absolute Gasteiger partial charge is 0.492 e. The third kappa shape index (κ3) is 6.03. The predicted molar refractivity (Wildman–Crippen MR) is 160 cm³/mol. The Hall–Kier alpha value is -4.03. The van der Waals surface area contributed by atoms with Crippen molar-refractivity contribution in [2.75, 3.05) is 28.4 Å². The summed E-state index contributed by atoms with van der Waals surface area (Å²) in [4.78, 5) is 16.8. The van der Waals surface area contributed by atoms with E-state index in [2.05, 4.69) is 21.9 Å². The Balaban J connectivity index is 1.43. The van der Waals surface area contributed by atoms with Crippen LogP contribution in [0.15, 0.2) is 42.7 Å². The van der Waals surface area contributed by atoms with E-state index in [9.17, 15) is 13.2 Å². The maximum atomic E-state index is 13.5. The van der Waals surface area contributed by atoms with Crippen LogP contribution in [-0.2, 0) is 22.5 Å². The number of ether oxygens (including phenoxy) is 1. The van der Waals surface area contributed by atoms with Crippen molar-refractivity contribution in [2.45, 2.75) is 50.9 Å². The minimum absolute atomic E-state index is 0.0848. The zero-order chi connectivity index (χ0) is 29.7. The smallest absolute Gasteiger partial charge is 0.257 e. The Morgan fingerprint density at radius 3 is 2.51 bits per heavy atom. The molecule has 0 atom stereocenters. The van der Waals surface area contributed by atoms with Gasteiger partial charge in [0.2, 0.25) is 10.0 Å². The van der Waals surface area contributed by atoms with Crippen LogP contribution in [0.2, 0.25) is 0 Å². The Morgan fingerprint density at radius 1 is 1.22 bits per heavy atom. The molecule has 0 radical (unpaired) electrons. The lowest BCUT2D eigenvalue weighted by Crippen LogP contribution is -2.37. The van der Waals surface area contributed by atoms with Crippen LogP contribution in [0.5, 0.6) is 5.75 Å². The number of anilines is 3. The van der Waals surface area contributed by atoms with Crippen LogP contribution in [0.25, 0.3) is 5.70 Å². The monoisotopic (exact) mass is 580 g/mol. The van der Waals surface area contributed by atoms with Crippen LogP contribution in [0.4, 0.5) is 17.1 Å². The van der Waals surface area contributed by atoms with Crippen molar-refractivity contribution in [1.29, 1.82) is 0 Å². The molecule has 2 saturated carbocycles. The molecule has 2 aliphatic carbocycles. The zero-order valence-corrected chi connectivity index (χ0v) is 24.9. The van der Waals surface area contributed by atoms with Crippen molar-refractivity contribution in [3.05, 3.63) is 70.9 Å². The molecule has 3 aromatic rings. The number of carbonyl (C=O) groups is 1. The molecule has 2 aliphatic rings. The highest BCUT2D eigenvalue weighted by atomic mass is 32.2. The van der Waals surface area contributed by atoms with Gasteiger partial charge >= 0.3 is 0 Å². The van der Waals surface area contributed by atoms with E-state index in [1.165, 1.54) is 25.0 Å². The van der Waals surface area contributed by atoms with Crippen molar-refractivity contribution in [2.24, 2.45) is 18.6 Å². The first-order chi connectivity index (χ1) is 19.3. The van der Waals surface area contributed by atoms with Gasteiger partial charge in [0, 0.05) is 11.8 Å². The van der Waals surface area contributed by atoms with Gasteiger partial charge in [0.25, 0.3) is 11.7 Å². The van der Waals surface area contributed by atoms with Crippen molar-refractivity contribution in [1.82, 2.24) is 4.98 Å². The number of amides is 1. The molecule has 1 heterocycles. The number of aromatic amines is 1. The first-order valence-corrected chi connectivity index (χ1v) is 15.4. The summed E-state index contributed by atoms with van der Waals surface area (Å²) < 4.78 is 34.2. The van der Waals surface area contributed by atoms with Gasteiger partial charge in [-0.1, -0.05) is 13.0 Å². The number of hydrogen-bond acceptors (Lipinski definition) is 7. The Bertz CT molecular complexity index is 1650. The minimum atomic E-state index is -3.58. The summed E-state index contributed by atoms with van der Waals surface area (Å²) in [7, 11) is -0.177. The fraction of sp³-hybridized carbons (Fsp3) is 0.379. The van der Waals surface area contributed by atoms with E-state index in [0.717, 1.165) is 41.7 Å². The Kier molecular flexibility index (Phi) is 7.24. The number of rotatable bonds is 10. The van der Waals surface area contributed by atoms with Crippen LogP contribution in [0.1, 0.15) is 71.5 Å². The van der Waals surface area contributed by atoms with Gasteiger partial charge in [-0.25, -0.2) is 23.8 Å². The van der Waals surface area contributed by atoms with E-state index >= 15 is 0 Å². The van der Waals surface area contributed by atoms with Gasteiger partial charge in [-0.3, -0.25) is 14.5 Å². The number of hydrogen-bond donors (Lipinski definition) is 5. The lowest BCUT2D eigenvalue weighted by atomic mass is 9.96. The van der Waals surface area contributed by atoms with E-state index in [4.69, 9.17) is 16.3 Å². The van der Waals surface area contributed by atoms with Crippen LogP contribution >= 0.6 is 0 Å². The molecule has 218 valence electrons. The van der Waals surface area contributed by atoms with Crippen LogP contribution in [0, 0.1) is 6.92 Å². The molecular formula is C29H38N7O4S+. The number of benzene rings is 2. The molecule has 0 bridgehead atoms. The van der Waals surface area contributed by atoms with Crippen molar-refractivity contribution in [3.63, 3.8) is 0 Å². The number of methoxy groups -OCH3 is 1. The summed E-state index contributed by atoms with van der Waals surface area (Å²) in [5, 5.41) is 4.33. The van der Waals surface area contributed by atoms with Crippen molar-refractivity contribution < 1.29 is 22.5 Å². The molecular weight excluding hydrogens is 542 g/mol. The second kappa shape index (κ2) is 10.4. The lowest BCUT2D eigenvalue weighted by Gasteiger charge is -2.20. The lowest BCUT2D eigenvalue weighted by molar-refractivity contribution is -0.680. The van der Waals surface area contributed by atoms with Gasteiger partial charge in [0.15, 0.2) is 11.4 Å². The molecule has 5 rings (SSSR count). The first kappa shape index (κ1) is 28.5. The first-order valence-electron chi connectivity index (χ1n) is 13.5. The average Bonchev–Trinajstić information content (AvgIpc) is 3.83. The molecule has 11 nitrogen and oxygen atoms in total. The summed E-state index contributed by atoms with van der Waals surface area (Å²) in [6, 6.07) is 8.82. The molecule has 0 aliphatic heterocycles. The van der Waals surface area contributed by atoms with Crippen molar-refractivity contribution in [3.8, 4) is 5.75 Å². The van der Waals surface area contributed by atoms with E-state index in [0.29, 0.717) is 28.6 Å². The molecule has 0 unspecified atom stereocenters. The number of aromatic nitrogens is 2. The highest BCUT2D eigenvalue weighted by Gasteiger charge is 2.40.